The monoisotopic (exact) mass is 494 g/mol. The molecule has 0 radical (unpaired) electrons. The van der Waals surface area contributed by atoms with Gasteiger partial charge in [0.15, 0.2) is 6.04 Å². The summed E-state index contributed by atoms with van der Waals surface area (Å²) < 4.78 is 4.91. The fourth-order valence-electron chi connectivity index (χ4n) is 4.12. The van der Waals surface area contributed by atoms with E-state index in [1.165, 1.54) is 7.11 Å². The van der Waals surface area contributed by atoms with Crippen LogP contribution >= 0.6 is 11.6 Å². The molecular formula is C28H31ClN2O4. The molecule has 0 spiro atoms. The van der Waals surface area contributed by atoms with E-state index in [-0.39, 0.29) is 12.6 Å². The van der Waals surface area contributed by atoms with Gasteiger partial charge in [-0.15, -0.1) is 0 Å². The highest BCUT2D eigenvalue weighted by atomic mass is 35.5. The molecular weight excluding hydrogens is 464 g/mol. The van der Waals surface area contributed by atoms with Crippen molar-refractivity contribution in [3.8, 4) is 11.1 Å². The molecule has 0 fully saturated rings. The van der Waals surface area contributed by atoms with Crippen LogP contribution in [-0.4, -0.2) is 36.7 Å². The number of hydrogen-bond donors (Lipinski definition) is 3. The molecule has 35 heavy (non-hydrogen) atoms. The van der Waals surface area contributed by atoms with Crippen LogP contribution < -0.4 is 10.6 Å². The van der Waals surface area contributed by atoms with Crippen LogP contribution in [0.25, 0.3) is 11.1 Å². The van der Waals surface area contributed by atoms with Crippen LogP contribution in [0.2, 0.25) is 5.02 Å². The number of rotatable bonds is 9. The molecule has 1 amide bonds. The van der Waals surface area contributed by atoms with Crippen molar-refractivity contribution in [1.82, 2.24) is 5.32 Å². The van der Waals surface area contributed by atoms with Crippen molar-refractivity contribution in [3.05, 3.63) is 87.4 Å². The molecule has 0 aliphatic carbocycles. The molecule has 0 saturated carbocycles. The minimum atomic E-state index is -1.14. The van der Waals surface area contributed by atoms with Crippen LogP contribution in [0.3, 0.4) is 0 Å². The molecule has 0 aliphatic heterocycles. The van der Waals surface area contributed by atoms with Crippen molar-refractivity contribution in [2.75, 3.05) is 19.0 Å². The maximum absolute atomic E-state index is 12.8. The van der Waals surface area contributed by atoms with Crippen LogP contribution in [-0.2, 0) is 9.53 Å². The number of carbonyl (C=O) groups is 2. The quantitative estimate of drug-likeness (QED) is 0.343. The van der Waals surface area contributed by atoms with Crippen LogP contribution in [0.15, 0.2) is 54.6 Å². The average Bonchev–Trinajstić information content (AvgIpc) is 2.80. The molecule has 0 aromatic heterocycles. The summed E-state index contributed by atoms with van der Waals surface area (Å²) in [6, 6.07) is 17.0. The highest BCUT2D eigenvalue weighted by Gasteiger charge is 2.23. The zero-order valence-corrected chi connectivity index (χ0v) is 21.4. The molecule has 3 aromatic carbocycles. The van der Waals surface area contributed by atoms with E-state index in [1.54, 1.807) is 0 Å². The second-order valence-electron chi connectivity index (χ2n) is 8.76. The number of amides is 1. The molecule has 2 atom stereocenters. The van der Waals surface area contributed by atoms with Crippen molar-refractivity contribution in [1.29, 1.82) is 0 Å². The summed E-state index contributed by atoms with van der Waals surface area (Å²) in [5.41, 5.74) is 7.15. The number of ether oxygens (including phenoxy) is 1. The first kappa shape index (κ1) is 26.3. The van der Waals surface area contributed by atoms with Gasteiger partial charge in [0.25, 0.3) is 5.91 Å². The lowest BCUT2D eigenvalue weighted by molar-refractivity contribution is -0.140. The van der Waals surface area contributed by atoms with Gasteiger partial charge in [-0.05, 0) is 79.3 Å². The first-order valence-corrected chi connectivity index (χ1v) is 11.8. The fraction of sp³-hybridized carbons (Fsp3) is 0.286. The molecule has 184 valence electrons. The molecule has 0 saturated heterocycles. The number of methoxy groups -OCH3 is 1. The van der Waals surface area contributed by atoms with Crippen LogP contribution in [0, 0.1) is 20.8 Å². The zero-order chi connectivity index (χ0) is 25.7. The van der Waals surface area contributed by atoms with Gasteiger partial charge in [-0.2, -0.15) is 0 Å². The molecule has 6 nitrogen and oxygen atoms in total. The predicted molar refractivity (Wildman–Crippen MR) is 140 cm³/mol. The topological polar surface area (TPSA) is 87.7 Å². The minimum Gasteiger partial charge on any atom is -0.480 e. The fourth-order valence-corrected chi connectivity index (χ4v) is 4.24. The summed E-state index contributed by atoms with van der Waals surface area (Å²) in [5.74, 6) is -1.57. The van der Waals surface area contributed by atoms with Crippen LogP contribution in [0.1, 0.15) is 45.6 Å². The number of carboxylic acids is 1. The third-order valence-corrected chi connectivity index (χ3v) is 6.38. The third kappa shape index (κ3) is 6.41. The number of carbonyl (C=O) groups excluding carboxylic acids is 1. The largest absolute Gasteiger partial charge is 0.480 e. The van der Waals surface area contributed by atoms with Crippen molar-refractivity contribution < 1.29 is 19.4 Å². The summed E-state index contributed by atoms with van der Waals surface area (Å²) in [4.78, 5) is 24.2. The van der Waals surface area contributed by atoms with E-state index in [1.807, 2.05) is 63.2 Å². The number of anilines is 1. The Morgan fingerprint density at radius 3 is 2.26 bits per heavy atom. The summed E-state index contributed by atoms with van der Waals surface area (Å²) >= 11 is 6.17. The molecule has 3 rings (SSSR count). The third-order valence-electron chi connectivity index (χ3n) is 5.96. The first-order chi connectivity index (χ1) is 16.6. The zero-order valence-electron chi connectivity index (χ0n) is 20.6. The Morgan fingerprint density at radius 1 is 0.971 bits per heavy atom. The van der Waals surface area contributed by atoms with Gasteiger partial charge in [0.2, 0.25) is 0 Å². The van der Waals surface area contributed by atoms with Gasteiger partial charge in [0.05, 0.1) is 6.61 Å². The number of carboxylic acid groups (broad SMARTS) is 1. The number of halogens is 1. The van der Waals surface area contributed by atoms with Crippen molar-refractivity contribution in [3.63, 3.8) is 0 Å². The molecule has 0 heterocycles. The number of hydrogen-bond acceptors (Lipinski definition) is 4. The maximum atomic E-state index is 12.8. The molecule has 7 heteroatoms. The maximum Gasteiger partial charge on any atom is 0.328 e. The van der Waals surface area contributed by atoms with E-state index < -0.39 is 17.9 Å². The van der Waals surface area contributed by atoms with Gasteiger partial charge < -0.3 is 20.5 Å². The molecule has 3 N–H and O–H groups in total. The number of aryl methyl sites for hydroxylation is 3. The van der Waals surface area contributed by atoms with Crippen molar-refractivity contribution in [2.45, 2.75) is 39.8 Å². The Morgan fingerprint density at radius 2 is 1.66 bits per heavy atom. The van der Waals surface area contributed by atoms with Gasteiger partial charge in [0.1, 0.15) is 0 Å². The second-order valence-corrected chi connectivity index (χ2v) is 9.17. The summed E-state index contributed by atoms with van der Waals surface area (Å²) in [5, 5.41) is 16.2. The van der Waals surface area contributed by atoms with Crippen LogP contribution in [0.4, 0.5) is 5.69 Å². The molecule has 3 aromatic rings. The summed E-state index contributed by atoms with van der Waals surface area (Å²) in [6.45, 7) is 7.69. The van der Waals surface area contributed by atoms with E-state index >= 15 is 0 Å². The highest BCUT2D eigenvalue weighted by Crippen LogP contribution is 2.29. The summed E-state index contributed by atoms with van der Waals surface area (Å²) in [6.07, 6.45) is 0. The minimum absolute atomic E-state index is 0.0880. The Balaban J connectivity index is 1.83. The van der Waals surface area contributed by atoms with E-state index in [4.69, 9.17) is 16.3 Å². The van der Waals surface area contributed by atoms with E-state index in [9.17, 15) is 14.7 Å². The van der Waals surface area contributed by atoms with Crippen molar-refractivity contribution >= 4 is 29.2 Å². The van der Waals surface area contributed by atoms with E-state index in [0.29, 0.717) is 5.56 Å². The van der Waals surface area contributed by atoms with Crippen molar-refractivity contribution in [2.24, 2.45) is 0 Å². The standard InChI is InChI=1S/C28H31ClN2O4/c1-16-11-20(9-10-24(16)29)19(4)30-23-8-6-7-21(14-23)22-12-17(2)26(18(3)13-22)27(32)31-25(15-35-5)28(33)34/h6-14,19,25,30H,15H2,1-5H3,(H,31,32)(H,33,34)/t19?,25-/m0/s1. The molecule has 1 unspecified atom stereocenters. The smallest absolute Gasteiger partial charge is 0.328 e. The second kappa shape index (κ2) is 11.4. The Labute approximate surface area is 211 Å². The van der Waals surface area contributed by atoms with Gasteiger partial charge in [-0.25, -0.2) is 4.79 Å². The van der Waals surface area contributed by atoms with E-state index in [0.717, 1.165) is 44.1 Å². The average molecular weight is 495 g/mol. The Hall–Kier alpha value is -3.35. The van der Waals surface area contributed by atoms with Crippen LogP contribution in [0.5, 0.6) is 0 Å². The molecule has 0 bridgehead atoms. The number of benzene rings is 3. The Bertz CT molecular complexity index is 1220. The molecule has 0 aliphatic rings. The van der Waals surface area contributed by atoms with E-state index in [2.05, 4.69) is 29.7 Å². The van der Waals surface area contributed by atoms with Gasteiger partial charge in [-0.1, -0.05) is 48.0 Å². The lowest BCUT2D eigenvalue weighted by Gasteiger charge is -2.18. The van der Waals surface area contributed by atoms with Gasteiger partial charge in [-0.3, -0.25) is 4.79 Å². The highest BCUT2D eigenvalue weighted by molar-refractivity contribution is 6.31. The number of nitrogens with one attached hydrogen (secondary N) is 2. The first-order valence-electron chi connectivity index (χ1n) is 11.4. The summed E-state index contributed by atoms with van der Waals surface area (Å²) in [7, 11) is 1.40. The Kier molecular flexibility index (Phi) is 8.54. The predicted octanol–water partition coefficient (Wildman–Crippen LogP) is 5.93. The van der Waals surface area contributed by atoms with Gasteiger partial charge >= 0.3 is 5.97 Å². The lowest BCUT2D eigenvalue weighted by atomic mass is 9.94. The van der Waals surface area contributed by atoms with Gasteiger partial charge in [0, 0.05) is 29.4 Å². The lowest BCUT2D eigenvalue weighted by Crippen LogP contribution is -2.44. The normalized spacial score (nSPS) is 12.6. The number of aliphatic carboxylic acids is 1. The SMILES string of the molecule is COC[C@H](NC(=O)c1c(C)cc(-c2cccc(NC(C)c3ccc(Cl)c(C)c3)c2)cc1C)C(=O)O.